The molecular formula is C15H22N2. The Morgan fingerprint density at radius 2 is 1.88 bits per heavy atom. The lowest BCUT2D eigenvalue weighted by Crippen LogP contribution is -2.42. The largest absolute Gasteiger partial charge is 0.399 e. The maximum absolute atomic E-state index is 6.43. The van der Waals surface area contributed by atoms with Crippen LogP contribution < -0.4 is 11.5 Å². The molecule has 4 N–H and O–H groups in total. The molecule has 2 aliphatic rings. The minimum absolute atomic E-state index is 0.256. The van der Waals surface area contributed by atoms with Crippen LogP contribution in [0.5, 0.6) is 0 Å². The maximum atomic E-state index is 6.43. The van der Waals surface area contributed by atoms with Crippen molar-refractivity contribution in [1.82, 2.24) is 0 Å². The Labute approximate surface area is 103 Å². The summed E-state index contributed by atoms with van der Waals surface area (Å²) in [5.41, 5.74) is 17.7. The first-order valence-electron chi connectivity index (χ1n) is 6.66. The van der Waals surface area contributed by atoms with E-state index in [1.54, 1.807) is 0 Å². The fourth-order valence-corrected chi connectivity index (χ4v) is 4.50. The minimum Gasteiger partial charge on any atom is -0.399 e. The number of benzene rings is 1. The van der Waals surface area contributed by atoms with Crippen LogP contribution in [-0.4, -0.2) is 6.04 Å². The van der Waals surface area contributed by atoms with Gasteiger partial charge in [0.15, 0.2) is 0 Å². The third-order valence-corrected chi connectivity index (χ3v) is 5.00. The van der Waals surface area contributed by atoms with E-state index in [0.29, 0.717) is 6.04 Å². The van der Waals surface area contributed by atoms with Gasteiger partial charge in [-0.25, -0.2) is 0 Å². The normalized spacial score (nSPS) is 35.5. The molecule has 2 nitrogen and oxygen atoms in total. The Hall–Kier alpha value is -1.02. The SMILES string of the molecule is Cc1cc(N)cc(C)c1C12CCC(CC1N)C2. The molecule has 1 aromatic carbocycles. The van der Waals surface area contributed by atoms with E-state index in [0.717, 1.165) is 11.6 Å². The lowest BCUT2D eigenvalue weighted by molar-refractivity contribution is 0.357. The lowest BCUT2D eigenvalue weighted by Gasteiger charge is -2.36. The highest BCUT2D eigenvalue weighted by Gasteiger charge is 2.52. The molecule has 0 radical (unpaired) electrons. The fraction of sp³-hybridized carbons (Fsp3) is 0.600. The number of rotatable bonds is 1. The van der Waals surface area contributed by atoms with Gasteiger partial charge in [0.2, 0.25) is 0 Å². The molecule has 2 saturated carbocycles. The van der Waals surface area contributed by atoms with E-state index >= 15 is 0 Å². The molecule has 2 bridgehead atoms. The summed E-state index contributed by atoms with van der Waals surface area (Å²) in [5, 5.41) is 0. The predicted molar refractivity (Wildman–Crippen MR) is 71.9 cm³/mol. The number of nitrogens with two attached hydrogens (primary N) is 2. The molecule has 1 aromatic rings. The average Bonchev–Trinajstić information content (AvgIpc) is 2.73. The molecule has 0 amide bonds. The number of aryl methyl sites for hydroxylation is 2. The van der Waals surface area contributed by atoms with Crippen LogP contribution in [0.3, 0.4) is 0 Å². The number of anilines is 1. The average molecular weight is 230 g/mol. The minimum atomic E-state index is 0.256. The second-order valence-corrected chi connectivity index (χ2v) is 6.14. The van der Waals surface area contributed by atoms with E-state index in [1.807, 2.05) is 0 Å². The molecule has 0 saturated heterocycles. The molecule has 0 spiro atoms. The van der Waals surface area contributed by atoms with Gasteiger partial charge in [0.1, 0.15) is 0 Å². The quantitative estimate of drug-likeness (QED) is 0.729. The summed E-state index contributed by atoms with van der Waals surface area (Å²) >= 11 is 0. The third-order valence-electron chi connectivity index (χ3n) is 5.00. The Balaban J connectivity index is 2.16. The van der Waals surface area contributed by atoms with E-state index < -0.39 is 0 Å². The summed E-state index contributed by atoms with van der Waals surface area (Å²) in [6.45, 7) is 4.37. The lowest BCUT2D eigenvalue weighted by atomic mass is 9.71. The van der Waals surface area contributed by atoms with Crippen molar-refractivity contribution in [3.63, 3.8) is 0 Å². The van der Waals surface area contributed by atoms with Crippen molar-refractivity contribution >= 4 is 5.69 Å². The molecule has 3 unspecified atom stereocenters. The molecule has 3 rings (SSSR count). The van der Waals surface area contributed by atoms with Gasteiger partial charge in [-0.05, 0) is 74.3 Å². The third kappa shape index (κ3) is 1.43. The molecule has 0 heterocycles. The molecule has 17 heavy (non-hydrogen) atoms. The van der Waals surface area contributed by atoms with Gasteiger partial charge in [-0.3, -0.25) is 0 Å². The molecular weight excluding hydrogens is 208 g/mol. The van der Waals surface area contributed by atoms with Gasteiger partial charge < -0.3 is 11.5 Å². The van der Waals surface area contributed by atoms with Gasteiger partial charge >= 0.3 is 0 Å². The molecule has 3 atom stereocenters. The highest BCUT2D eigenvalue weighted by atomic mass is 14.8. The van der Waals surface area contributed by atoms with Gasteiger partial charge in [0.25, 0.3) is 0 Å². The molecule has 2 heteroatoms. The van der Waals surface area contributed by atoms with E-state index in [1.165, 1.54) is 42.4 Å². The summed E-state index contributed by atoms with van der Waals surface area (Å²) in [4.78, 5) is 0. The predicted octanol–water partition coefficient (Wildman–Crippen LogP) is 2.65. The number of hydrogen-bond acceptors (Lipinski definition) is 2. The van der Waals surface area contributed by atoms with Crippen LogP contribution in [0.15, 0.2) is 12.1 Å². The van der Waals surface area contributed by atoms with Crippen LogP contribution in [0.1, 0.15) is 42.4 Å². The Kier molecular flexibility index (Phi) is 2.27. The van der Waals surface area contributed by atoms with Crippen LogP contribution in [-0.2, 0) is 5.41 Å². The van der Waals surface area contributed by atoms with Gasteiger partial charge in [0, 0.05) is 17.1 Å². The van der Waals surface area contributed by atoms with Crippen molar-refractivity contribution in [2.45, 2.75) is 51.0 Å². The molecule has 92 valence electrons. The van der Waals surface area contributed by atoms with Crippen molar-refractivity contribution in [2.75, 3.05) is 5.73 Å². The zero-order valence-corrected chi connectivity index (χ0v) is 10.8. The van der Waals surface area contributed by atoms with Crippen molar-refractivity contribution < 1.29 is 0 Å². The van der Waals surface area contributed by atoms with E-state index in [9.17, 15) is 0 Å². The van der Waals surface area contributed by atoms with Gasteiger partial charge in [0.05, 0.1) is 0 Å². The summed E-state index contributed by atoms with van der Waals surface area (Å²) < 4.78 is 0. The zero-order valence-electron chi connectivity index (χ0n) is 10.8. The number of fused-ring (bicyclic) bond motifs is 2. The van der Waals surface area contributed by atoms with E-state index in [4.69, 9.17) is 11.5 Å². The molecule has 2 aliphatic carbocycles. The van der Waals surface area contributed by atoms with Crippen LogP contribution in [0.4, 0.5) is 5.69 Å². The summed E-state index contributed by atoms with van der Waals surface area (Å²) in [6.07, 6.45) is 5.13. The number of nitrogen functional groups attached to an aromatic ring is 1. The van der Waals surface area contributed by atoms with Gasteiger partial charge in [-0.2, -0.15) is 0 Å². The topological polar surface area (TPSA) is 52.0 Å². The van der Waals surface area contributed by atoms with Crippen molar-refractivity contribution in [1.29, 1.82) is 0 Å². The Bertz CT molecular complexity index is 443. The first-order valence-corrected chi connectivity index (χ1v) is 6.66. The smallest absolute Gasteiger partial charge is 0.0319 e. The first-order chi connectivity index (χ1) is 8.03. The zero-order chi connectivity index (χ0) is 12.2. The highest BCUT2D eigenvalue weighted by molar-refractivity contribution is 5.53. The second-order valence-electron chi connectivity index (χ2n) is 6.14. The van der Waals surface area contributed by atoms with Crippen LogP contribution in [0, 0.1) is 19.8 Å². The van der Waals surface area contributed by atoms with Crippen LogP contribution in [0.25, 0.3) is 0 Å². The monoisotopic (exact) mass is 230 g/mol. The van der Waals surface area contributed by atoms with Crippen molar-refractivity contribution in [3.05, 3.63) is 28.8 Å². The Morgan fingerprint density at radius 3 is 2.35 bits per heavy atom. The standard InChI is InChI=1S/C15H22N2/c1-9-5-12(16)6-10(2)14(9)15-4-3-11(8-15)7-13(15)17/h5-6,11,13H,3-4,7-8,16-17H2,1-2H3. The highest BCUT2D eigenvalue weighted by Crippen LogP contribution is 2.56. The van der Waals surface area contributed by atoms with Crippen molar-refractivity contribution in [2.24, 2.45) is 11.7 Å². The maximum Gasteiger partial charge on any atom is 0.0319 e. The second kappa shape index (κ2) is 3.49. The number of hydrogen-bond donors (Lipinski definition) is 2. The van der Waals surface area contributed by atoms with Crippen molar-refractivity contribution in [3.8, 4) is 0 Å². The van der Waals surface area contributed by atoms with Gasteiger partial charge in [-0.15, -0.1) is 0 Å². The Morgan fingerprint density at radius 1 is 1.24 bits per heavy atom. The molecule has 0 aromatic heterocycles. The fourth-order valence-electron chi connectivity index (χ4n) is 4.50. The summed E-state index contributed by atoms with van der Waals surface area (Å²) in [7, 11) is 0. The first kappa shape index (κ1) is 11.1. The van der Waals surface area contributed by atoms with Gasteiger partial charge in [-0.1, -0.05) is 0 Å². The van der Waals surface area contributed by atoms with Crippen LogP contribution >= 0.6 is 0 Å². The molecule has 0 aliphatic heterocycles. The van der Waals surface area contributed by atoms with E-state index in [2.05, 4.69) is 26.0 Å². The molecule has 2 fully saturated rings. The summed E-state index contributed by atoms with van der Waals surface area (Å²) in [5.74, 6) is 0.862. The van der Waals surface area contributed by atoms with Crippen LogP contribution in [0.2, 0.25) is 0 Å². The summed E-state index contributed by atoms with van der Waals surface area (Å²) in [6, 6.07) is 4.56. The van der Waals surface area contributed by atoms with E-state index in [-0.39, 0.29) is 5.41 Å².